The van der Waals surface area contributed by atoms with Crippen LogP contribution in [0.5, 0.6) is 11.5 Å². The number of carbonyl (C=O) groups is 1. The Morgan fingerprint density at radius 3 is 1.94 bits per heavy atom. The van der Waals surface area contributed by atoms with Crippen molar-refractivity contribution in [2.75, 3.05) is 4.90 Å². The van der Waals surface area contributed by atoms with Crippen LogP contribution in [0.4, 0.5) is 42.1 Å². The summed E-state index contributed by atoms with van der Waals surface area (Å²) in [6.45, 7) is -6.20. The van der Waals surface area contributed by atoms with Gasteiger partial charge in [0.15, 0.2) is 5.69 Å². The van der Waals surface area contributed by atoms with Gasteiger partial charge >= 0.3 is 19.4 Å². The second-order valence-electron chi connectivity index (χ2n) is 7.00. The zero-order valence-corrected chi connectivity index (χ0v) is 17.8. The van der Waals surface area contributed by atoms with E-state index in [9.17, 15) is 40.8 Å². The first-order valence-electron chi connectivity index (χ1n) is 9.87. The summed E-state index contributed by atoms with van der Waals surface area (Å²) >= 11 is 0. The average molecular weight is 513 g/mol. The number of amides is 1. The van der Waals surface area contributed by atoms with Crippen LogP contribution in [0, 0.1) is 11.3 Å². The lowest BCUT2D eigenvalue weighted by molar-refractivity contribution is -0.137. The van der Waals surface area contributed by atoms with E-state index in [1.807, 2.05) is 0 Å². The van der Waals surface area contributed by atoms with Crippen molar-refractivity contribution in [3.63, 3.8) is 0 Å². The van der Waals surface area contributed by atoms with E-state index >= 15 is 0 Å². The van der Waals surface area contributed by atoms with E-state index in [4.69, 9.17) is 0 Å². The first-order chi connectivity index (χ1) is 17.0. The van der Waals surface area contributed by atoms with Crippen LogP contribution in [-0.2, 0) is 17.4 Å². The molecule has 0 aliphatic rings. The topological polar surface area (TPSA) is 75.5 Å². The summed E-state index contributed by atoms with van der Waals surface area (Å²) in [7, 11) is 0. The van der Waals surface area contributed by atoms with E-state index in [1.54, 1.807) is 6.07 Å². The predicted molar refractivity (Wildman–Crippen MR) is 111 cm³/mol. The van der Waals surface area contributed by atoms with E-state index in [-0.39, 0.29) is 22.7 Å². The number of alkyl halides is 7. The Kier molecular flexibility index (Phi) is 7.98. The van der Waals surface area contributed by atoms with Crippen molar-refractivity contribution in [1.29, 1.82) is 5.26 Å². The lowest BCUT2D eigenvalue weighted by Gasteiger charge is -2.25. The molecule has 36 heavy (non-hydrogen) atoms. The highest BCUT2D eigenvalue weighted by Crippen LogP contribution is 2.36. The zero-order chi connectivity index (χ0) is 26.5. The number of hydrogen-bond donors (Lipinski definition) is 0. The maximum absolute atomic E-state index is 13.3. The Morgan fingerprint density at radius 2 is 1.47 bits per heavy atom. The Labute approximate surface area is 199 Å². The highest BCUT2D eigenvalue weighted by molar-refractivity contribution is 6.02. The van der Waals surface area contributed by atoms with Crippen molar-refractivity contribution in [3.8, 4) is 17.6 Å². The summed E-state index contributed by atoms with van der Waals surface area (Å²) < 4.78 is 98.2. The number of pyridine rings is 1. The summed E-state index contributed by atoms with van der Waals surface area (Å²) in [4.78, 5) is 17.6. The fraction of sp³-hybridized carbons (Fsp3) is 0.174. The standard InChI is InChI=1S/C23H14F7N3O3/c24-21(25)35-16-5-1-13(2-6-16)9-20(34)33(15-3-7-17(8-4-15)36-22(26)27)19-10-14(23(28,29)30)12-32-18(19)11-31/h1-8,10,12,21-22H,9H2. The molecule has 0 bridgehead atoms. The van der Waals surface area contributed by atoms with Crippen LogP contribution < -0.4 is 14.4 Å². The third-order valence-corrected chi connectivity index (χ3v) is 4.62. The summed E-state index contributed by atoms with van der Waals surface area (Å²) in [5.41, 5.74) is -2.04. The van der Waals surface area contributed by atoms with Crippen LogP contribution in [0.15, 0.2) is 60.8 Å². The molecule has 13 heteroatoms. The number of nitrogens with zero attached hydrogens (tertiary/aromatic N) is 3. The molecule has 0 saturated carbocycles. The lowest BCUT2D eigenvalue weighted by atomic mass is 10.1. The van der Waals surface area contributed by atoms with Gasteiger partial charge in [-0.25, -0.2) is 4.98 Å². The summed E-state index contributed by atoms with van der Waals surface area (Å²) in [5.74, 6) is -1.29. The molecule has 0 unspecified atom stereocenters. The van der Waals surface area contributed by atoms with E-state index in [0.717, 1.165) is 29.2 Å². The van der Waals surface area contributed by atoms with Crippen LogP contribution in [0.25, 0.3) is 0 Å². The molecule has 1 amide bonds. The highest BCUT2D eigenvalue weighted by atomic mass is 19.4. The van der Waals surface area contributed by atoms with Gasteiger partial charge in [0.25, 0.3) is 0 Å². The summed E-state index contributed by atoms with van der Waals surface area (Å²) in [6, 6.07) is 11.5. The van der Waals surface area contributed by atoms with Gasteiger partial charge in [0, 0.05) is 11.9 Å². The van der Waals surface area contributed by atoms with Crippen molar-refractivity contribution in [1.82, 2.24) is 4.98 Å². The molecule has 0 radical (unpaired) electrons. The molecule has 2 aromatic carbocycles. The summed E-state index contributed by atoms with van der Waals surface area (Å²) in [6.07, 6.45) is -4.85. The van der Waals surface area contributed by atoms with E-state index in [1.165, 1.54) is 24.3 Å². The van der Waals surface area contributed by atoms with Crippen LogP contribution in [-0.4, -0.2) is 24.1 Å². The molecule has 1 aromatic heterocycles. The number of hydrogen-bond acceptors (Lipinski definition) is 5. The number of carbonyl (C=O) groups excluding carboxylic acids is 1. The first kappa shape index (κ1) is 26.3. The fourth-order valence-corrected chi connectivity index (χ4v) is 3.10. The molecule has 0 aliphatic carbocycles. The zero-order valence-electron chi connectivity index (χ0n) is 17.8. The van der Waals surface area contributed by atoms with E-state index in [0.29, 0.717) is 12.3 Å². The van der Waals surface area contributed by atoms with Crippen molar-refractivity contribution in [2.45, 2.75) is 25.8 Å². The first-order valence-corrected chi connectivity index (χ1v) is 9.87. The second-order valence-corrected chi connectivity index (χ2v) is 7.00. The van der Waals surface area contributed by atoms with Gasteiger partial charge in [-0.3, -0.25) is 9.69 Å². The van der Waals surface area contributed by atoms with Crippen LogP contribution >= 0.6 is 0 Å². The Bertz CT molecular complexity index is 1240. The molecular weight excluding hydrogens is 499 g/mol. The van der Waals surface area contributed by atoms with E-state index in [2.05, 4.69) is 14.5 Å². The van der Waals surface area contributed by atoms with Crippen LogP contribution in [0.2, 0.25) is 0 Å². The average Bonchev–Trinajstić information content (AvgIpc) is 2.80. The van der Waals surface area contributed by atoms with Crippen molar-refractivity contribution in [3.05, 3.63) is 77.6 Å². The van der Waals surface area contributed by atoms with Crippen molar-refractivity contribution >= 4 is 17.3 Å². The van der Waals surface area contributed by atoms with E-state index < -0.39 is 48.7 Å². The normalized spacial score (nSPS) is 11.3. The molecule has 3 aromatic rings. The van der Waals surface area contributed by atoms with Crippen LogP contribution in [0.1, 0.15) is 16.8 Å². The number of halogens is 7. The van der Waals surface area contributed by atoms with Crippen molar-refractivity contribution < 1.29 is 45.0 Å². The monoisotopic (exact) mass is 513 g/mol. The molecule has 0 saturated heterocycles. The molecule has 6 nitrogen and oxygen atoms in total. The number of nitriles is 1. The van der Waals surface area contributed by atoms with Gasteiger partial charge in [-0.05, 0) is 48.0 Å². The third kappa shape index (κ3) is 6.62. The highest BCUT2D eigenvalue weighted by Gasteiger charge is 2.33. The quantitative estimate of drug-likeness (QED) is 0.341. The predicted octanol–water partition coefficient (Wildman–Crippen LogP) is 6.08. The van der Waals surface area contributed by atoms with Gasteiger partial charge in [0.2, 0.25) is 5.91 Å². The Hall–Kier alpha value is -4.34. The molecular formula is C23H14F7N3O3. The molecule has 1 heterocycles. The minimum Gasteiger partial charge on any atom is -0.435 e. The Balaban J connectivity index is 2.04. The van der Waals surface area contributed by atoms with Gasteiger partial charge in [-0.15, -0.1) is 0 Å². The molecule has 188 valence electrons. The molecule has 0 atom stereocenters. The third-order valence-electron chi connectivity index (χ3n) is 4.62. The minimum absolute atomic E-state index is 0.0723. The maximum Gasteiger partial charge on any atom is 0.417 e. The Morgan fingerprint density at radius 1 is 0.944 bits per heavy atom. The largest absolute Gasteiger partial charge is 0.435 e. The molecule has 3 rings (SSSR count). The number of rotatable bonds is 8. The lowest BCUT2D eigenvalue weighted by Crippen LogP contribution is -2.29. The molecule has 0 aliphatic heterocycles. The SMILES string of the molecule is N#Cc1ncc(C(F)(F)F)cc1N(C(=O)Cc1ccc(OC(F)F)cc1)c1ccc(OC(F)F)cc1. The number of benzene rings is 2. The maximum atomic E-state index is 13.3. The van der Waals surface area contributed by atoms with Gasteiger partial charge in [0.1, 0.15) is 17.6 Å². The smallest absolute Gasteiger partial charge is 0.417 e. The van der Waals surface area contributed by atoms with Gasteiger partial charge in [-0.2, -0.15) is 36.0 Å². The minimum atomic E-state index is -4.85. The second kappa shape index (κ2) is 10.9. The van der Waals surface area contributed by atoms with Crippen LogP contribution in [0.3, 0.4) is 0 Å². The summed E-state index contributed by atoms with van der Waals surface area (Å²) in [5, 5.41) is 9.41. The van der Waals surface area contributed by atoms with Gasteiger partial charge < -0.3 is 9.47 Å². The molecule has 0 N–H and O–H groups in total. The van der Waals surface area contributed by atoms with Crippen molar-refractivity contribution in [2.24, 2.45) is 0 Å². The molecule has 0 fully saturated rings. The number of aromatic nitrogens is 1. The molecule has 0 spiro atoms. The van der Waals surface area contributed by atoms with Gasteiger partial charge in [0.05, 0.1) is 17.7 Å². The number of anilines is 2. The fourth-order valence-electron chi connectivity index (χ4n) is 3.10. The number of ether oxygens (including phenoxy) is 2. The van der Waals surface area contributed by atoms with Gasteiger partial charge in [-0.1, -0.05) is 12.1 Å².